The first-order chi connectivity index (χ1) is 15.7. The second kappa shape index (κ2) is 12.4. The normalized spacial score (nSPS) is 12.2. The Hall–Kier alpha value is -2.82. The van der Waals surface area contributed by atoms with Crippen LogP contribution in [0.4, 0.5) is 0 Å². The van der Waals surface area contributed by atoms with Gasteiger partial charge >= 0.3 is 0 Å². The SMILES string of the molecule is CCCCNC(=O)C(CC)N(Cc1ccccc1C)C(=O)COc1ccccc1C(C)(C)C. The molecule has 0 spiro atoms. The number of rotatable bonds is 11. The smallest absolute Gasteiger partial charge is 0.261 e. The maximum Gasteiger partial charge on any atom is 0.261 e. The Morgan fingerprint density at radius 3 is 2.33 bits per heavy atom. The molecule has 0 aliphatic rings. The van der Waals surface area contributed by atoms with Crippen molar-refractivity contribution in [2.45, 2.75) is 78.8 Å². The van der Waals surface area contributed by atoms with Crippen LogP contribution in [0.15, 0.2) is 48.5 Å². The molecule has 0 fully saturated rings. The summed E-state index contributed by atoms with van der Waals surface area (Å²) in [6, 6.07) is 15.2. The van der Waals surface area contributed by atoms with E-state index in [4.69, 9.17) is 4.74 Å². The van der Waals surface area contributed by atoms with Crippen LogP contribution in [0.2, 0.25) is 0 Å². The lowest BCUT2D eigenvalue weighted by molar-refractivity contribution is -0.143. The Bertz CT molecular complexity index is 917. The molecule has 2 aromatic rings. The summed E-state index contributed by atoms with van der Waals surface area (Å²) < 4.78 is 6.02. The molecule has 180 valence electrons. The van der Waals surface area contributed by atoms with Crippen LogP contribution in [-0.2, 0) is 21.5 Å². The number of para-hydroxylation sites is 1. The van der Waals surface area contributed by atoms with Crippen molar-refractivity contribution in [2.75, 3.05) is 13.2 Å². The Kier molecular flexibility index (Phi) is 9.95. The first-order valence-corrected chi connectivity index (χ1v) is 12.0. The fourth-order valence-electron chi connectivity index (χ4n) is 3.83. The number of benzene rings is 2. The van der Waals surface area contributed by atoms with E-state index >= 15 is 0 Å². The summed E-state index contributed by atoms with van der Waals surface area (Å²) in [4.78, 5) is 28.1. The van der Waals surface area contributed by atoms with E-state index in [2.05, 4.69) is 33.0 Å². The number of nitrogens with one attached hydrogen (secondary N) is 1. The molecule has 1 atom stereocenters. The molecule has 0 radical (unpaired) electrons. The second-order valence-corrected chi connectivity index (χ2v) is 9.55. The highest BCUT2D eigenvalue weighted by atomic mass is 16.5. The van der Waals surface area contributed by atoms with E-state index in [1.807, 2.05) is 62.4 Å². The Labute approximate surface area is 199 Å². The third-order valence-corrected chi connectivity index (χ3v) is 5.86. The van der Waals surface area contributed by atoms with E-state index in [9.17, 15) is 9.59 Å². The second-order valence-electron chi connectivity index (χ2n) is 9.55. The highest BCUT2D eigenvalue weighted by Crippen LogP contribution is 2.31. The number of carbonyl (C=O) groups is 2. The highest BCUT2D eigenvalue weighted by Gasteiger charge is 2.29. The molecule has 33 heavy (non-hydrogen) atoms. The van der Waals surface area contributed by atoms with Crippen molar-refractivity contribution in [3.63, 3.8) is 0 Å². The van der Waals surface area contributed by atoms with Gasteiger partial charge in [-0.15, -0.1) is 0 Å². The summed E-state index contributed by atoms with van der Waals surface area (Å²) in [5.41, 5.74) is 3.06. The van der Waals surface area contributed by atoms with Gasteiger partial charge in [-0.05, 0) is 47.9 Å². The van der Waals surface area contributed by atoms with Crippen LogP contribution >= 0.6 is 0 Å². The first kappa shape index (κ1) is 26.4. The van der Waals surface area contributed by atoms with Crippen molar-refractivity contribution >= 4 is 11.8 Å². The lowest BCUT2D eigenvalue weighted by atomic mass is 9.86. The number of carbonyl (C=O) groups excluding carboxylic acids is 2. The van der Waals surface area contributed by atoms with Crippen molar-refractivity contribution in [1.82, 2.24) is 10.2 Å². The molecule has 2 amide bonds. The number of amides is 2. The Morgan fingerprint density at radius 1 is 1.03 bits per heavy atom. The summed E-state index contributed by atoms with van der Waals surface area (Å²) in [5.74, 6) is 0.400. The standard InChI is InChI=1S/C28H40N2O3/c1-7-9-18-29-27(32)24(8-2)30(19-22-15-11-10-14-21(22)3)26(31)20-33-25-17-13-12-16-23(25)28(4,5)6/h10-17,24H,7-9,18-20H2,1-6H3,(H,29,32). The fraction of sp³-hybridized carbons (Fsp3) is 0.500. The summed E-state index contributed by atoms with van der Waals surface area (Å²) >= 11 is 0. The van der Waals surface area contributed by atoms with E-state index in [1.54, 1.807) is 4.90 Å². The van der Waals surface area contributed by atoms with Crippen molar-refractivity contribution in [3.8, 4) is 5.75 Å². The molecule has 1 unspecified atom stereocenters. The van der Waals surface area contributed by atoms with Crippen LogP contribution in [0.25, 0.3) is 0 Å². The molecule has 0 heterocycles. The van der Waals surface area contributed by atoms with Gasteiger partial charge in [-0.2, -0.15) is 0 Å². The number of nitrogens with zero attached hydrogens (tertiary/aromatic N) is 1. The van der Waals surface area contributed by atoms with Gasteiger partial charge in [-0.1, -0.05) is 83.5 Å². The van der Waals surface area contributed by atoms with Crippen LogP contribution in [0.5, 0.6) is 5.75 Å². The zero-order chi connectivity index (χ0) is 24.4. The summed E-state index contributed by atoms with van der Waals surface area (Å²) in [5, 5.41) is 3.00. The maximum atomic E-state index is 13.4. The maximum absolute atomic E-state index is 13.4. The van der Waals surface area contributed by atoms with E-state index in [0.29, 0.717) is 25.3 Å². The largest absolute Gasteiger partial charge is 0.483 e. The lowest BCUT2D eigenvalue weighted by Gasteiger charge is -2.31. The zero-order valence-electron chi connectivity index (χ0n) is 21.1. The quantitative estimate of drug-likeness (QED) is 0.465. The minimum Gasteiger partial charge on any atom is -0.483 e. The van der Waals surface area contributed by atoms with E-state index in [-0.39, 0.29) is 23.8 Å². The fourth-order valence-corrected chi connectivity index (χ4v) is 3.83. The number of unbranched alkanes of at least 4 members (excludes halogenated alkanes) is 1. The molecule has 2 rings (SSSR count). The van der Waals surface area contributed by atoms with Crippen molar-refractivity contribution in [3.05, 3.63) is 65.2 Å². The molecule has 0 aliphatic heterocycles. The Balaban J connectivity index is 2.26. The van der Waals surface area contributed by atoms with Crippen LogP contribution < -0.4 is 10.1 Å². The molecule has 1 N–H and O–H groups in total. The van der Waals surface area contributed by atoms with Gasteiger partial charge < -0.3 is 15.0 Å². The van der Waals surface area contributed by atoms with Gasteiger partial charge in [-0.25, -0.2) is 0 Å². The van der Waals surface area contributed by atoms with Gasteiger partial charge in [0, 0.05) is 13.1 Å². The molecule has 5 heteroatoms. The number of hydrogen-bond acceptors (Lipinski definition) is 3. The molecule has 5 nitrogen and oxygen atoms in total. The number of ether oxygens (including phenoxy) is 1. The van der Waals surface area contributed by atoms with Crippen LogP contribution in [0, 0.1) is 6.92 Å². The van der Waals surface area contributed by atoms with E-state index in [0.717, 1.165) is 29.5 Å². The van der Waals surface area contributed by atoms with Crippen LogP contribution in [0.3, 0.4) is 0 Å². The number of aryl methyl sites for hydroxylation is 1. The molecule has 0 bridgehead atoms. The van der Waals surface area contributed by atoms with Crippen molar-refractivity contribution < 1.29 is 14.3 Å². The average Bonchev–Trinajstić information content (AvgIpc) is 2.78. The van der Waals surface area contributed by atoms with Gasteiger partial charge in [-0.3, -0.25) is 9.59 Å². The van der Waals surface area contributed by atoms with E-state index < -0.39 is 6.04 Å². The predicted octanol–water partition coefficient (Wildman–Crippen LogP) is 5.40. The summed E-state index contributed by atoms with van der Waals surface area (Å²) in [7, 11) is 0. The van der Waals surface area contributed by atoms with Gasteiger partial charge in [0.05, 0.1) is 0 Å². The minimum atomic E-state index is -0.546. The molecule has 2 aromatic carbocycles. The monoisotopic (exact) mass is 452 g/mol. The number of hydrogen-bond donors (Lipinski definition) is 1. The van der Waals surface area contributed by atoms with Gasteiger partial charge in [0.2, 0.25) is 5.91 Å². The van der Waals surface area contributed by atoms with E-state index in [1.165, 1.54) is 0 Å². The topological polar surface area (TPSA) is 58.6 Å². The zero-order valence-corrected chi connectivity index (χ0v) is 21.1. The third kappa shape index (κ3) is 7.62. The molecule has 0 aliphatic carbocycles. The van der Waals surface area contributed by atoms with Gasteiger partial charge in [0.25, 0.3) is 5.91 Å². The van der Waals surface area contributed by atoms with Gasteiger partial charge in [0.1, 0.15) is 11.8 Å². The molecule has 0 saturated carbocycles. The predicted molar refractivity (Wildman–Crippen MR) is 134 cm³/mol. The highest BCUT2D eigenvalue weighted by molar-refractivity contribution is 5.88. The molecular weight excluding hydrogens is 412 g/mol. The van der Waals surface area contributed by atoms with Crippen molar-refractivity contribution in [2.24, 2.45) is 0 Å². The minimum absolute atomic E-state index is 0.106. The first-order valence-electron chi connectivity index (χ1n) is 12.0. The van der Waals surface area contributed by atoms with Crippen molar-refractivity contribution in [1.29, 1.82) is 0 Å². The molecular formula is C28H40N2O3. The summed E-state index contributed by atoms with van der Waals surface area (Å²) in [6.45, 7) is 13.3. The molecule has 0 saturated heterocycles. The van der Waals surface area contributed by atoms with Crippen LogP contribution in [0.1, 0.15) is 70.6 Å². The molecule has 0 aromatic heterocycles. The third-order valence-electron chi connectivity index (χ3n) is 5.86. The Morgan fingerprint density at radius 2 is 1.70 bits per heavy atom. The summed E-state index contributed by atoms with van der Waals surface area (Å²) in [6.07, 6.45) is 2.46. The average molecular weight is 453 g/mol. The lowest BCUT2D eigenvalue weighted by Crippen LogP contribution is -2.50. The van der Waals surface area contributed by atoms with Crippen LogP contribution in [-0.4, -0.2) is 35.9 Å². The van der Waals surface area contributed by atoms with Gasteiger partial charge in [0.15, 0.2) is 6.61 Å².